The van der Waals surface area contributed by atoms with E-state index in [4.69, 9.17) is 4.74 Å². The van der Waals surface area contributed by atoms with E-state index in [2.05, 4.69) is 10.6 Å². The Bertz CT molecular complexity index is 671. The number of benzene rings is 2. The number of carbonyl (C=O) groups is 2. The van der Waals surface area contributed by atoms with Gasteiger partial charge in [-0.2, -0.15) is 0 Å². The van der Waals surface area contributed by atoms with E-state index in [-0.39, 0.29) is 11.8 Å². The molecular weight excluding hydrogens is 292 g/mol. The van der Waals surface area contributed by atoms with E-state index < -0.39 is 6.04 Å². The average molecular weight is 312 g/mol. The average Bonchev–Trinajstić information content (AvgIpc) is 2.57. The molecule has 2 N–H and O–H groups in total. The van der Waals surface area contributed by atoms with Gasteiger partial charge in [0.15, 0.2) is 0 Å². The van der Waals surface area contributed by atoms with Gasteiger partial charge in [0.1, 0.15) is 11.8 Å². The molecule has 2 aromatic carbocycles. The molecule has 0 spiro atoms. The van der Waals surface area contributed by atoms with Gasteiger partial charge in [-0.1, -0.05) is 30.3 Å². The van der Waals surface area contributed by atoms with Crippen LogP contribution in [0, 0.1) is 0 Å². The van der Waals surface area contributed by atoms with Crippen LogP contribution in [0.1, 0.15) is 24.2 Å². The first-order valence-electron chi connectivity index (χ1n) is 7.50. The molecule has 2 amide bonds. The van der Waals surface area contributed by atoms with Crippen molar-refractivity contribution in [2.45, 2.75) is 19.9 Å². The fourth-order valence-electron chi connectivity index (χ4n) is 2.03. The molecule has 0 aromatic heterocycles. The Labute approximate surface area is 135 Å². The number of rotatable bonds is 6. The molecule has 0 aliphatic carbocycles. The molecule has 0 heterocycles. The first-order valence-corrected chi connectivity index (χ1v) is 7.50. The number of carbonyl (C=O) groups excluding carboxylic acids is 2. The van der Waals surface area contributed by atoms with Crippen LogP contribution in [-0.2, 0) is 4.79 Å². The topological polar surface area (TPSA) is 67.4 Å². The van der Waals surface area contributed by atoms with Gasteiger partial charge in [0.25, 0.3) is 5.91 Å². The molecule has 0 radical (unpaired) electrons. The second kappa shape index (κ2) is 7.98. The molecule has 0 aliphatic heterocycles. The lowest BCUT2D eigenvalue weighted by Crippen LogP contribution is -2.41. The van der Waals surface area contributed by atoms with Gasteiger partial charge < -0.3 is 15.4 Å². The summed E-state index contributed by atoms with van der Waals surface area (Å²) in [5.74, 6) is 0.0118. The van der Waals surface area contributed by atoms with Crippen LogP contribution in [0.5, 0.6) is 5.75 Å². The van der Waals surface area contributed by atoms with Crippen molar-refractivity contribution in [2.24, 2.45) is 0 Å². The molecule has 0 fully saturated rings. The Balaban J connectivity index is 1.99. The Kier molecular flexibility index (Phi) is 5.74. The summed E-state index contributed by atoms with van der Waals surface area (Å²) in [5.41, 5.74) is 1.10. The second-order valence-corrected chi connectivity index (χ2v) is 4.98. The summed E-state index contributed by atoms with van der Waals surface area (Å²) in [6, 6.07) is 15.3. The van der Waals surface area contributed by atoms with Crippen molar-refractivity contribution in [1.29, 1.82) is 0 Å². The smallest absolute Gasteiger partial charge is 0.251 e. The first kappa shape index (κ1) is 16.5. The molecule has 0 bridgehead atoms. The maximum Gasteiger partial charge on any atom is 0.251 e. The van der Waals surface area contributed by atoms with Crippen molar-refractivity contribution in [1.82, 2.24) is 5.32 Å². The van der Waals surface area contributed by atoms with Crippen molar-refractivity contribution in [3.05, 3.63) is 60.2 Å². The number of amides is 2. The third-order valence-electron chi connectivity index (χ3n) is 3.22. The fourth-order valence-corrected chi connectivity index (χ4v) is 2.03. The minimum absolute atomic E-state index is 0.286. The second-order valence-electron chi connectivity index (χ2n) is 4.98. The van der Waals surface area contributed by atoms with Crippen LogP contribution in [0.3, 0.4) is 0 Å². The highest BCUT2D eigenvalue weighted by Crippen LogP contribution is 2.23. The quantitative estimate of drug-likeness (QED) is 0.862. The molecule has 0 saturated heterocycles. The summed E-state index contributed by atoms with van der Waals surface area (Å²) in [4.78, 5) is 24.3. The molecule has 0 aliphatic rings. The molecule has 2 aromatic rings. The summed E-state index contributed by atoms with van der Waals surface area (Å²) in [6.45, 7) is 4.02. The number of hydrogen-bond acceptors (Lipinski definition) is 3. The zero-order valence-corrected chi connectivity index (χ0v) is 13.2. The Morgan fingerprint density at radius 2 is 1.70 bits per heavy atom. The SMILES string of the molecule is CCOc1ccccc1NC(=O)C(C)NC(=O)c1ccccc1. The van der Waals surface area contributed by atoms with Crippen LogP contribution in [-0.4, -0.2) is 24.5 Å². The number of ether oxygens (including phenoxy) is 1. The fraction of sp³-hybridized carbons (Fsp3) is 0.222. The van der Waals surface area contributed by atoms with Crippen LogP contribution in [0.4, 0.5) is 5.69 Å². The van der Waals surface area contributed by atoms with Gasteiger partial charge in [-0.15, -0.1) is 0 Å². The summed E-state index contributed by atoms with van der Waals surface area (Å²) >= 11 is 0. The van der Waals surface area contributed by atoms with Gasteiger partial charge in [0.2, 0.25) is 5.91 Å². The summed E-state index contributed by atoms with van der Waals surface area (Å²) in [6.07, 6.45) is 0. The number of anilines is 1. The van der Waals surface area contributed by atoms with E-state index in [1.54, 1.807) is 43.3 Å². The predicted molar refractivity (Wildman–Crippen MR) is 89.6 cm³/mol. The molecule has 1 unspecified atom stereocenters. The Morgan fingerprint density at radius 1 is 1.04 bits per heavy atom. The van der Waals surface area contributed by atoms with Gasteiger partial charge in [-0.3, -0.25) is 9.59 Å². The normalized spacial score (nSPS) is 11.4. The van der Waals surface area contributed by atoms with Crippen molar-refractivity contribution in [3.63, 3.8) is 0 Å². The van der Waals surface area contributed by atoms with E-state index >= 15 is 0 Å². The highest BCUT2D eigenvalue weighted by molar-refractivity contribution is 6.01. The highest BCUT2D eigenvalue weighted by Gasteiger charge is 2.17. The third-order valence-corrected chi connectivity index (χ3v) is 3.22. The van der Waals surface area contributed by atoms with E-state index in [0.29, 0.717) is 23.6 Å². The number of hydrogen-bond donors (Lipinski definition) is 2. The van der Waals surface area contributed by atoms with Crippen molar-refractivity contribution in [3.8, 4) is 5.75 Å². The largest absolute Gasteiger partial charge is 0.492 e. The molecule has 23 heavy (non-hydrogen) atoms. The Hall–Kier alpha value is -2.82. The molecule has 0 saturated carbocycles. The standard InChI is InChI=1S/C18H20N2O3/c1-3-23-16-12-8-7-11-15(16)20-17(21)13(2)19-18(22)14-9-5-4-6-10-14/h4-13H,3H2,1-2H3,(H,19,22)(H,20,21). The lowest BCUT2D eigenvalue weighted by atomic mass is 10.2. The zero-order chi connectivity index (χ0) is 16.7. The number of nitrogens with one attached hydrogen (secondary N) is 2. The van der Waals surface area contributed by atoms with E-state index in [1.807, 2.05) is 25.1 Å². The zero-order valence-electron chi connectivity index (χ0n) is 13.2. The van der Waals surface area contributed by atoms with E-state index in [9.17, 15) is 9.59 Å². The van der Waals surface area contributed by atoms with Crippen molar-refractivity contribution in [2.75, 3.05) is 11.9 Å². The van der Waals surface area contributed by atoms with Gasteiger partial charge in [-0.25, -0.2) is 0 Å². The summed E-state index contributed by atoms with van der Waals surface area (Å²) in [7, 11) is 0. The third kappa shape index (κ3) is 4.57. The maximum atomic E-state index is 12.3. The van der Waals surface area contributed by atoms with Crippen molar-refractivity contribution < 1.29 is 14.3 Å². The maximum absolute atomic E-state index is 12.3. The molecule has 5 heteroatoms. The summed E-state index contributed by atoms with van der Waals surface area (Å²) < 4.78 is 5.47. The molecule has 5 nitrogen and oxygen atoms in total. The lowest BCUT2D eigenvalue weighted by molar-refractivity contribution is -0.117. The molecular formula is C18H20N2O3. The van der Waals surface area contributed by atoms with Gasteiger partial charge >= 0.3 is 0 Å². The lowest BCUT2D eigenvalue weighted by Gasteiger charge is -2.16. The van der Waals surface area contributed by atoms with Crippen LogP contribution >= 0.6 is 0 Å². The highest BCUT2D eigenvalue weighted by atomic mass is 16.5. The van der Waals surface area contributed by atoms with Gasteiger partial charge in [0, 0.05) is 5.56 Å². The van der Waals surface area contributed by atoms with Crippen LogP contribution < -0.4 is 15.4 Å². The minimum atomic E-state index is -0.669. The molecule has 2 rings (SSSR count). The first-order chi connectivity index (χ1) is 11.1. The van der Waals surface area contributed by atoms with Crippen LogP contribution in [0.15, 0.2) is 54.6 Å². The predicted octanol–water partition coefficient (Wildman–Crippen LogP) is 2.84. The Morgan fingerprint density at radius 3 is 2.39 bits per heavy atom. The molecule has 1 atom stereocenters. The number of para-hydroxylation sites is 2. The van der Waals surface area contributed by atoms with Crippen LogP contribution in [0.2, 0.25) is 0 Å². The van der Waals surface area contributed by atoms with Gasteiger partial charge in [-0.05, 0) is 38.1 Å². The van der Waals surface area contributed by atoms with Crippen molar-refractivity contribution >= 4 is 17.5 Å². The summed E-state index contributed by atoms with van der Waals surface area (Å²) in [5, 5.41) is 5.45. The van der Waals surface area contributed by atoms with E-state index in [1.165, 1.54) is 0 Å². The minimum Gasteiger partial charge on any atom is -0.492 e. The van der Waals surface area contributed by atoms with Crippen LogP contribution in [0.25, 0.3) is 0 Å². The monoisotopic (exact) mass is 312 g/mol. The molecule has 120 valence electrons. The van der Waals surface area contributed by atoms with Gasteiger partial charge in [0.05, 0.1) is 12.3 Å². The van der Waals surface area contributed by atoms with E-state index in [0.717, 1.165) is 0 Å².